The quantitative estimate of drug-likeness (QED) is 0.469. The van der Waals surface area contributed by atoms with Crippen LogP contribution in [0.1, 0.15) is 11.7 Å². The number of nitrogens with two attached hydrogens (primary N) is 2. The molecule has 1 saturated heterocycles. The van der Waals surface area contributed by atoms with Crippen molar-refractivity contribution in [2.24, 2.45) is 5.73 Å². The molecule has 25 heavy (non-hydrogen) atoms. The Labute approximate surface area is 150 Å². The molecule has 1 fully saturated rings. The molecule has 0 spiro atoms. The Hall–Kier alpha value is -2.31. The van der Waals surface area contributed by atoms with Gasteiger partial charge in [0.1, 0.15) is 23.2 Å². The van der Waals surface area contributed by atoms with Gasteiger partial charge in [-0.25, -0.2) is 9.78 Å². The zero-order valence-electron chi connectivity index (χ0n) is 13.0. The van der Waals surface area contributed by atoms with Gasteiger partial charge in [0.2, 0.25) is 5.91 Å². The summed E-state index contributed by atoms with van der Waals surface area (Å²) in [4.78, 5) is 41.1. The first kappa shape index (κ1) is 17.5. The van der Waals surface area contributed by atoms with Crippen LogP contribution in [0, 0.1) is 0 Å². The second-order valence-corrected chi connectivity index (χ2v) is 7.26. The summed E-state index contributed by atoms with van der Waals surface area (Å²) in [5.74, 6) is -1.87. The number of fused-ring (bicyclic) bond motifs is 1. The van der Waals surface area contributed by atoms with E-state index in [1.165, 1.54) is 18.9 Å². The summed E-state index contributed by atoms with van der Waals surface area (Å²) in [6, 6.07) is -1.92. The van der Waals surface area contributed by atoms with Gasteiger partial charge in [0.05, 0.1) is 18.6 Å². The Bertz CT molecular complexity index is 779. The molecule has 1 aromatic heterocycles. The Morgan fingerprint density at radius 1 is 1.56 bits per heavy atom. The summed E-state index contributed by atoms with van der Waals surface area (Å²) in [6.45, 7) is 0. The predicted molar refractivity (Wildman–Crippen MR) is 90.1 cm³/mol. The number of nitrogens with one attached hydrogen (secondary N) is 1. The second-order valence-electron chi connectivity index (χ2n) is 5.27. The third-order valence-corrected chi connectivity index (χ3v) is 5.77. The first-order valence-electron chi connectivity index (χ1n) is 7.07. The number of β-lactam (4-membered cyclic amide) rings is 1. The van der Waals surface area contributed by atoms with E-state index in [4.69, 9.17) is 16.2 Å². The normalized spacial score (nSPS) is 23.6. The minimum Gasteiger partial charge on any atom is -0.498 e. The molecule has 3 rings (SSSR count). The fraction of sp³-hybridized carbons (Fsp3) is 0.385. The molecule has 0 bridgehead atoms. The molecule has 2 aliphatic heterocycles. The monoisotopic (exact) mass is 385 g/mol. The number of thioether (sulfide) groups is 1. The highest BCUT2D eigenvalue weighted by Crippen LogP contribution is 2.40. The summed E-state index contributed by atoms with van der Waals surface area (Å²) in [6.07, 6.45) is 0. The van der Waals surface area contributed by atoms with Crippen LogP contribution in [0.5, 0.6) is 0 Å². The van der Waals surface area contributed by atoms with E-state index in [1.54, 1.807) is 5.38 Å². The topological polar surface area (TPSA) is 161 Å². The maximum Gasteiger partial charge on any atom is 0.356 e. The van der Waals surface area contributed by atoms with Gasteiger partial charge in [-0.1, -0.05) is 0 Å². The SMILES string of the molecule is COC1=C(C(=O)O)N2C(=O)[C@@H](NC(=O)[C@H](N)c3csc(N)n3)[C@H]2SC1. The molecule has 10 nitrogen and oxygen atoms in total. The first-order chi connectivity index (χ1) is 11.8. The zero-order chi connectivity index (χ0) is 18.3. The van der Waals surface area contributed by atoms with Crippen LogP contribution in [0.4, 0.5) is 5.13 Å². The molecule has 12 heteroatoms. The zero-order valence-corrected chi connectivity index (χ0v) is 14.6. The minimum absolute atomic E-state index is 0.196. The van der Waals surface area contributed by atoms with Crippen LogP contribution < -0.4 is 16.8 Å². The lowest BCUT2D eigenvalue weighted by atomic mass is 10.0. The number of ether oxygens (including phenoxy) is 1. The van der Waals surface area contributed by atoms with E-state index in [2.05, 4.69) is 10.3 Å². The molecular weight excluding hydrogens is 370 g/mol. The van der Waals surface area contributed by atoms with Crippen molar-refractivity contribution in [3.8, 4) is 0 Å². The summed E-state index contributed by atoms with van der Waals surface area (Å²) in [5.41, 5.74) is 11.5. The lowest BCUT2D eigenvalue weighted by Crippen LogP contribution is -2.71. The number of carbonyl (C=O) groups excluding carboxylic acids is 2. The third kappa shape index (κ3) is 2.92. The summed E-state index contributed by atoms with van der Waals surface area (Å²) < 4.78 is 5.04. The van der Waals surface area contributed by atoms with Gasteiger partial charge >= 0.3 is 5.97 Å². The molecular formula is C13H15N5O5S2. The number of methoxy groups -OCH3 is 1. The lowest BCUT2D eigenvalue weighted by molar-refractivity contribution is -0.151. The molecule has 0 aliphatic carbocycles. The van der Waals surface area contributed by atoms with Crippen molar-refractivity contribution < 1.29 is 24.2 Å². The maximum absolute atomic E-state index is 12.3. The van der Waals surface area contributed by atoms with Gasteiger partial charge in [-0.3, -0.25) is 14.5 Å². The highest BCUT2D eigenvalue weighted by atomic mass is 32.2. The van der Waals surface area contributed by atoms with E-state index in [0.29, 0.717) is 5.69 Å². The molecule has 3 atom stereocenters. The fourth-order valence-electron chi connectivity index (χ4n) is 2.57. The number of nitrogen functional groups attached to an aromatic ring is 1. The molecule has 0 unspecified atom stereocenters. The van der Waals surface area contributed by atoms with Gasteiger partial charge in [0.25, 0.3) is 5.91 Å². The highest BCUT2D eigenvalue weighted by molar-refractivity contribution is 8.00. The number of carboxylic acids is 1. The van der Waals surface area contributed by atoms with E-state index < -0.39 is 35.2 Å². The minimum atomic E-state index is -1.25. The molecule has 0 aromatic carbocycles. The molecule has 2 amide bonds. The molecule has 0 radical (unpaired) electrons. The van der Waals surface area contributed by atoms with E-state index in [-0.39, 0.29) is 22.3 Å². The average Bonchev–Trinajstić information content (AvgIpc) is 3.03. The Morgan fingerprint density at radius 3 is 2.84 bits per heavy atom. The van der Waals surface area contributed by atoms with Gasteiger partial charge in [-0.15, -0.1) is 23.1 Å². The number of thiazole rings is 1. The van der Waals surface area contributed by atoms with E-state index in [9.17, 15) is 19.5 Å². The van der Waals surface area contributed by atoms with Gasteiger partial charge in [-0.05, 0) is 0 Å². The summed E-state index contributed by atoms with van der Waals surface area (Å²) >= 11 is 2.46. The number of hydrogen-bond donors (Lipinski definition) is 4. The number of anilines is 1. The van der Waals surface area contributed by atoms with Crippen molar-refractivity contribution in [1.82, 2.24) is 15.2 Å². The van der Waals surface area contributed by atoms with Crippen molar-refractivity contribution in [2.75, 3.05) is 18.6 Å². The number of carboxylic acid groups (broad SMARTS) is 1. The van der Waals surface area contributed by atoms with Crippen LogP contribution in [0.2, 0.25) is 0 Å². The molecule has 0 saturated carbocycles. The largest absolute Gasteiger partial charge is 0.498 e. The third-order valence-electron chi connectivity index (χ3n) is 3.82. The van der Waals surface area contributed by atoms with Gasteiger partial charge < -0.3 is 26.6 Å². The Balaban J connectivity index is 1.72. The summed E-state index contributed by atoms with van der Waals surface area (Å²) in [7, 11) is 1.35. The van der Waals surface area contributed by atoms with Gasteiger partial charge in [-0.2, -0.15) is 0 Å². The first-order valence-corrected chi connectivity index (χ1v) is 9.00. The number of rotatable bonds is 5. The summed E-state index contributed by atoms with van der Waals surface area (Å²) in [5, 5.41) is 13.2. The number of aromatic nitrogens is 1. The van der Waals surface area contributed by atoms with Crippen LogP contribution in [-0.4, -0.2) is 57.1 Å². The number of nitrogens with zero attached hydrogens (tertiary/aromatic N) is 2. The second kappa shape index (κ2) is 6.54. The average molecular weight is 385 g/mol. The lowest BCUT2D eigenvalue weighted by Gasteiger charge is -2.49. The highest BCUT2D eigenvalue weighted by Gasteiger charge is 2.55. The molecule has 1 aromatic rings. The Kier molecular flexibility index (Phi) is 4.58. The molecule has 134 valence electrons. The Morgan fingerprint density at radius 2 is 2.28 bits per heavy atom. The standard InChI is InChI=1S/C13H15N5O5S2/c1-23-5-3-24-11-7(10(20)18(11)8(5)12(21)22)17-9(19)6(14)4-2-25-13(15)16-4/h2,6-7,11H,3,14H2,1H3,(H2,15,16)(H,17,19)(H,21,22)/t6-,7-,11-/m1/s1. The molecule has 3 heterocycles. The van der Waals surface area contributed by atoms with Crippen molar-refractivity contribution in [2.45, 2.75) is 17.5 Å². The fourth-order valence-corrected chi connectivity index (χ4v) is 4.48. The van der Waals surface area contributed by atoms with E-state index in [1.807, 2.05) is 0 Å². The predicted octanol–water partition coefficient (Wildman–Crippen LogP) is -0.932. The van der Waals surface area contributed by atoms with Crippen LogP contribution in [0.3, 0.4) is 0 Å². The van der Waals surface area contributed by atoms with Gasteiger partial charge in [0.15, 0.2) is 10.8 Å². The van der Waals surface area contributed by atoms with Crippen molar-refractivity contribution >= 4 is 46.0 Å². The number of amides is 2. The molecule has 6 N–H and O–H groups in total. The van der Waals surface area contributed by atoms with E-state index in [0.717, 1.165) is 16.2 Å². The van der Waals surface area contributed by atoms with Crippen LogP contribution >= 0.6 is 23.1 Å². The van der Waals surface area contributed by atoms with Gasteiger partial charge in [0, 0.05) is 5.38 Å². The maximum atomic E-state index is 12.3. The van der Waals surface area contributed by atoms with E-state index >= 15 is 0 Å². The number of carbonyl (C=O) groups is 3. The number of aliphatic carboxylic acids is 1. The van der Waals surface area contributed by atoms with Crippen molar-refractivity contribution in [1.29, 1.82) is 0 Å². The smallest absolute Gasteiger partial charge is 0.356 e. The van der Waals surface area contributed by atoms with Crippen LogP contribution in [-0.2, 0) is 19.1 Å². The van der Waals surface area contributed by atoms with Crippen molar-refractivity contribution in [3.63, 3.8) is 0 Å². The van der Waals surface area contributed by atoms with Crippen LogP contribution in [0.25, 0.3) is 0 Å². The number of hydrogen-bond acceptors (Lipinski definition) is 9. The van der Waals surface area contributed by atoms with Crippen molar-refractivity contribution in [3.05, 3.63) is 22.5 Å². The molecule has 2 aliphatic rings. The van der Waals surface area contributed by atoms with Crippen LogP contribution in [0.15, 0.2) is 16.8 Å².